The van der Waals surface area contributed by atoms with Crippen molar-refractivity contribution in [3.8, 4) is 11.3 Å². The Hall–Kier alpha value is -2.44. The molecule has 196 valence electrons. The SMILES string of the molecule is CC(C)c1ccccc1[C@H](CO)[SH]1C[C@H](O)[C@H](n2cc(-c3cc(F)c(F)c(F)c3)nn2)[C@@H](O)[C@H]1CO. The van der Waals surface area contributed by atoms with Crippen molar-refractivity contribution in [2.24, 2.45) is 0 Å². The molecule has 0 amide bonds. The molecule has 7 nitrogen and oxygen atoms in total. The molecule has 2 aromatic carbocycles. The van der Waals surface area contributed by atoms with E-state index in [0.717, 1.165) is 23.3 Å². The number of benzene rings is 2. The molecule has 0 saturated carbocycles. The van der Waals surface area contributed by atoms with E-state index in [2.05, 4.69) is 10.3 Å². The fraction of sp³-hybridized carbons (Fsp3) is 0.440. The predicted molar refractivity (Wildman–Crippen MR) is 131 cm³/mol. The van der Waals surface area contributed by atoms with Gasteiger partial charge in [-0.25, -0.2) is 28.7 Å². The van der Waals surface area contributed by atoms with Gasteiger partial charge in [-0.1, -0.05) is 43.3 Å². The van der Waals surface area contributed by atoms with E-state index in [-0.39, 0.29) is 41.4 Å². The van der Waals surface area contributed by atoms with E-state index in [9.17, 15) is 33.6 Å². The third kappa shape index (κ3) is 4.90. The van der Waals surface area contributed by atoms with Crippen molar-refractivity contribution in [1.29, 1.82) is 0 Å². The van der Waals surface area contributed by atoms with Crippen molar-refractivity contribution in [3.05, 3.63) is 71.2 Å². The number of aliphatic hydroxyl groups excluding tert-OH is 4. The maximum Gasteiger partial charge on any atom is 0.194 e. The van der Waals surface area contributed by atoms with Crippen molar-refractivity contribution in [1.82, 2.24) is 15.0 Å². The Labute approximate surface area is 209 Å². The molecular weight excluding hydrogens is 495 g/mol. The Morgan fingerprint density at radius 1 is 1.06 bits per heavy atom. The monoisotopic (exact) mass is 525 g/mol. The predicted octanol–water partition coefficient (Wildman–Crippen LogP) is 2.86. The van der Waals surface area contributed by atoms with Crippen molar-refractivity contribution in [3.63, 3.8) is 0 Å². The standard InChI is InChI=1S/C25H30F3N3O4S/c1-13(2)15-5-3-4-6-16(15)21(10-32)36-12-20(34)24(25(35)22(36)11-33)31-9-19(29-30-31)14-7-17(26)23(28)18(27)8-14/h3-9,13,20-22,24-25,32-36H,10-12H2,1-2H3/t20-,21-,22+,24-,25-/m0/s1. The van der Waals surface area contributed by atoms with Crippen LogP contribution in [0.25, 0.3) is 11.3 Å². The molecule has 1 fully saturated rings. The number of rotatable bonds is 7. The third-order valence-corrected chi connectivity index (χ3v) is 10.2. The topological polar surface area (TPSA) is 112 Å². The Morgan fingerprint density at radius 2 is 1.69 bits per heavy atom. The first-order chi connectivity index (χ1) is 17.2. The summed E-state index contributed by atoms with van der Waals surface area (Å²) in [5, 5.41) is 49.8. The van der Waals surface area contributed by atoms with Gasteiger partial charge in [0.15, 0.2) is 17.5 Å². The van der Waals surface area contributed by atoms with Gasteiger partial charge in [-0.15, -0.1) is 5.10 Å². The van der Waals surface area contributed by atoms with Crippen molar-refractivity contribution in [2.75, 3.05) is 19.0 Å². The number of nitrogens with zero attached hydrogens (tertiary/aromatic N) is 3. The summed E-state index contributed by atoms with van der Waals surface area (Å²) in [4.78, 5) is 0. The first-order valence-electron chi connectivity index (χ1n) is 11.7. The summed E-state index contributed by atoms with van der Waals surface area (Å²) in [6.07, 6.45) is -1.02. The minimum absolute atomic E-state index is 0.0275. The second kappa shape index (κ2) is 10.9. The van der Waals surface area contributed by atoms with E-state index in [1.54, 1.807) is 0 Å². The van der Waals surface area contributed by atoms with E-state index in [1.807, 2.05) is 38.1 Å². The number of halogens is 3. The molecule has 1 aromatic heterocycles. The molecule has 0 spiro atoms. The molecular formula is C25H30F3N3O4S. The first kappa shape index (κ1) is 26.6. The van der Waals surface area contributed by atoms with Gasteiger partial charge in [0, 0.05) is 21.8 Å². The average Bonchev–Trinajstić information content (AvgIpc) is 3.32. The molecule has 0 radical (unpaired) electrons. The van der Waals surface area contributed by atoms with E-state index >= 15 is 0 Å². The maximum absolute atomic E-state index is 13.7. The molecule has 1 saturated heterocycles. The van der Waals surface area contributed by atoms with Gasteiger partial charge in [0.2, 0.25) is 0 Å². The number of aromatic nitrogens is 3. The van der Waals surface area contributed by atoms with Crippen LogP contribution in [0.3, 0.4) is 0 Å². The number of hydrogen-bond donors (Lipinski definition) is 5. The van der Waals surface area contributed by atoms with Crippen LogP contribution in [0.2, 0.25) is 0 Å². The van der Waals surface area contributed by atoms with Crippen LogP contribution in [0.4, 0.5) is 13.2 Å². The van der Waals surface area contributed by atoms with Crippen molar-refractivity contribution < 1.29 is 33.6 Å². The summed E-state index contributed by atoms with van der Waals surface area (Å²) in [5.41, 5.74) is 1.96. The van der Waals surface area contributed by atoms with Crippen molar-refractivity contribution >= 4 is 10.9 Å². The number of hydrogen-bond acceptors (Lipinski definition) is 6. The van der Waals surface area contributed by atoms with Crippen LogP contribution < -0.4 is 0 Å². The molecule has 11 heteroatoms. The number of aliphatic hydroxyl groups is 4. The summed E-state index contributed by atoms with van der Waals surface area (Å²) in [5.74, 6) is -3.93. The molecule has 2 heterocycles. The lowest BCUT2D eigenvalue weighted by atomic mass is 9.95. The summed E-state index contributed by atoms with van der Waals surface area (Å²) in [6.45, 7) is 3.52. The fourth-order valence-electron chi connectivity index (χ4n) is 4.99. The smallest absolute Gasteiger partial charge is 0.194 e. The van der Waals surface area contributed by atoms with Crippen molar-refractivity contribution in [2.45, 2.75) is 48.5 Å². The Bertz CT molecular complexity index is 1190. The zero-order chi connectivity index (χ0) is 26.1. The number of thiol groups is 1. The molecule has 3 aromatic rings. The summed E-state index contributed by atoms with van der Waals surface area (Å²) < 4.78 is 41.9. The minimum Gasteiger partial charge on any atom is -0.395 e. The Morgan fingerprint density at radius 3 is 2.28 bits per heavy atom. The lowest BCUT2D eigenvalue weighted by Crippen LogP contribution is -2.50. The van der Waals surface area contributed by atoms with Gasteiger partial charge in [-0.05, 0) is 29.2 Å². The minimum atomic E-state index is -1.60. The third-order valence-electron chi connectivity index (χ3n) is 6.79. The second-order valence-corrected chi connectivity index (χ2v) is 12.0. The van der Waals surface area contributed by atoms with Gasteiger partial charge in [0.1, 0.15) is 11.7 Å². The zero-order valence-corrected chi connectivity index (χ0v) is 20.7. The second-order valence-electron chi connectivity index (χ2n) is 9.31. The fourth-order valence-corrected chi connectivity index (χ4v) is 8.21. The largest absolute Gasteiger partial charge is 0.395 e. The molecule has 4 rings (SSSR count). The summed E-state index contributed by atoms with van der Waals surface area (Å²) in [6, 6.07) is 8.31. The van der Waals surface area contributed by atoms with Gasteiger partial charge in [0.25, 0.3) is 0 Å². The molecule has 0 aliphatic carbocycles. The normalized spacial score (nSPS) is 26.3. The maximum atomic E-state index is 13.7. The quantitative estimate of drug-likeness (QED) is 0.240. The van der Waals surface area contributed by atoms with Crippen LogP contribution in [-0.4, -0.2) is 71.8 Å². The Kier molecular flexibility index (Phi) is 8.06. The van der Waals surface area contributed by atoms with E-state index < -0.39 is 51.8 Å². The molecule has 36 heavy (non-hydrogen) atoms. The van der Waals surface area contributed by atoms with Crippen LogP contribution in [0.1, 0.15) is 42.2 Å². The molecule has 0 bridgehead atoms. The van der Waals surface area contributed by atoms with Crippen LogP contribution in [0.15, 0.2) is 42.6 Å². The highest BCUT2D eigenvalue weighted by Gasteiger charge is 2.46. The Balaban J connectivity index is 1.64. The van der Waals surface area contributed by atoms with Crippen LogP contribution in [0.5, 0.6) is 0 Å². The zero-order valence-electron chi connectivity index (χ0n) is 19.8. The molecule has 1 unspecified atom stereocenters. The van der Waals surface area contributed by atoms with Crippen LogP contribution in [0, 0.1) is 17.5 Å². The van der Waals surface area contributed by atoms with Gasteiger partial charge >= 0.3 is 0 Å². The van der Waals surface area contributed by atoms with E-state index in [1.165, 1.54) is 10.9 Å². The highest BCUT2D eigenvalue weighted by molar-refractivity contribution is 8.17. The lowest BCUT2D eigenvalue weighted by Gasteiger charge is -2.48. The highest BCUT2D eigenvalue weighted by Crippen LogP contribution is 2.54. The molecule has 1 aliphatic heterocycles. The molecule has 4 N–H and O–H groups in total. The van der Waals surface area contributed by atoms with Gasteiger partial charge < -0.3 is 20.4 Å². The molecule has 6 atom stereocenters. The summed E-state index contributed by atoms with van der Waals surface area (Å²) in [7, 11) is -1.26. The average molecular weight is 526 g/mol. The van der Waals surface area contributed by atoms with Crippen LogP contribution >= 0.6 is 10.9 Å². The van der Waals surface area contributed by atoms with Crippen LogP contribution in [-0.2, 0) is 0 Å². The first-order valence-corrected chi connectivity index (χ1v) is 13.3. The van der Waals surface area contributed by atoms with Gasteiger partial charge in [0.05, 0.1) is 31.6 Å². The van der Waals surface area contributed by atoms with Gasteiger partial charge in [-0.2, -0.15) is 0 Å². The summed E-state index contributed by atoms with van der Waals surface area (Å²) >= 11 is 0. The van der Waals surface area contributed by atoms with Gasteiger partial charge in [-0.3, -0.25) is 0 Å². The van der Waals surface area contributed by atoms with E-state index in [0.29, 0.717) is 0 Å². The lowest BCUT2D eigenvalue weighted by molar-refractivity contribution is 0.00718. The highest BCUT2D eigenvalue weighted by atomic mass is 32.2. The van der Waals surface area contributed by atoms with E-state index in [4.69, 9.17) is 0 Å². The molecule has 1 aliphatic rings.